The quantitative estimate of drug-likeness (QED) is 0.894. The molecule has 3 rings (SSSR count). The summed E-state index contributed by atoms with van der Waals surface area (Å²) in [6.45, 7) is 0. The maximum atomic E-state index is 4.64. The van der Waals surface area contributed by atoms with Crippen molar-refractivity contribution in [3.63, 3.8) is 0 Å². The molecular weight excluding hydrogens is 222 g/mol. The van der Waals surface area contributed by atoms with Crippen molar-refractivity contribution in [1.29, 1.82) is 0 Å². The normalized spacial score (nSPS) is 16.9. The van der Waals surface area contributed by atoms with E-state index in [-0.39, 0.29) is 5.41 Å². The van der Waals surface area contributed by atoms with Crippen LogP contribution in [0.3, 0.4) is 0 Å². The Morgan fingerprint density at radius 1 is 1.11 bits per heavy atom. The van der Waals surface area contributed by atoms with E-state index in [2.05, 4.69) is 45.6 Å². The van der Waals surface area contributed by atoms with Gasteiger partial charge in [-0.1, -0.05) is 36.8 Å². The summed E-state index contributed by atoms with van der Waals surface area (Å²) >= 11 is 0. The molecule has 1 N–H and O–H groups in total. The van der Waals surface area contributed by atoms with E-state index in [0.29, 0.717) is 0 Å². The van der Waals surface area contributed by atoms with Crippen molar-refractivity contribution < 1.29 is 0 Å². The Bertz CT molecular complexity index is 532. The van der Waals surface area contributed by atoms with Crippen molar-refractivity contribution in [1.82, 2.24) is 9.97 Å². The largest absolute Gasteiger partial charge is 0.373 e. The summed E-state index contributed by atoms with van der Waals surface area (Å²) < 4.78 is 0. The Kier molecular flexibility index (Phi) is 2.74. The third-order valence-electron chi connectivity index (χ3n) is 3.87. The molecule has 3 nitrogen and oxygen atoms in total. The van der Waals surface area contributed by atoms with Crippen molar-refractivity contribution in [2.45, 2.75) is 24.7 Å². The van der Waals surface area contributed by atoms with Gasteiger partial charge in [-0.15, -0.1) is 0 Å². The van der Waals surface area contributed by atoms with Gasteiger partial charge in [-0.05, 0) is 24.5 Å². The minimum Gasteiger partial charge on any atom is -0.373 e. The van der Waals surface area contributed by atoms with E-state index in [1.165, 1.54) is 12.0 Å². The fourth-order valence-electron chi connectivity index (χ4n) is 2.66. The fraction of sp³-hybridized carbons (Fsp3) is 0.333. The number of anilines is 1. The standard InChI is InChI=1S/C15H17N3/c1-16-13-8-11-17-14(18-13)15(9-5-10-15)12-6-3-2-4-7-12/h2-4,6-8,11H,5,9-10H2,1H3,(H,16,17,18). The lowest BCUT2D eigenvalue weighted by atomic mass is 9.64. The van der Waals surface area contributed by atoms with Gasteiger partial charge < -0.3 is 5.32 Å². The van der Waals surface area contributed by atoms with E-state index < -0.39 is 0 Å². The minimum absolute atomic E-state index is 0.0358. The molecular formula is C15H17N3. The second-order valence-corrected chi connectivity index (χ2v) is 4.82. The van der Waals surface area contributed by atoms with E-state index in [1.807, 2.05) is 19.3 Å². The molecule has 0 amide bonds. The summed E-state index contributed by atoms with van der Waals surface area (Å²) in [7, 11) is 1.89. The molecule has 0 radical (unpaired) electrons. The molecule has 1 aromatic heterocycles. The van der Waals surface area contributed by atoms with Gasteiger partial charge in [0.25, 0.3) is 0 Å². The third kappa shape index (κ3) is 1.67. The molecule has 1 aliphatic carbocycles. The molecule has 18 heavy (non-hydrogen) atoms. The average molecular weight is 239 g/mol. The minimum atomic E-state index is 0.0358. The van der Waals surface area contributed by atoms with Crippen LogP contribution >= 0.6 is 0 Å². The Morgan fingerprint density at radius 2 is 1.89 bits per heavy atom. The van der Waals surface area contributed by atoms with Gasteiger partial charge in [0.15, 0.2) is 0 Å². The highest BCUT2D eigenvalue weighted by atomic mass is 15.0. The van der Waals surface area contributed by atoms with Gasteiger partial charge in [-0.3, -0.25) is 0 Å². The molecule has 0 spiro atoms. The smallest absolute Gasteiger partial charge is 0.141 e. The number of benzene rings is 1. The van der Waals surface area contributed by atoms with Gasteiger partial charge in [0, 0.05) is 13.2 Å². The van der Waals surface area contributed by atoms with E-state index in [9.17, 15) is 0 Å². The molecule has 0 unspecified atom stereocenters. The topological polar surface area (TPSA) is 37.8 Å². The molecule has 1 aromatic carbocycles. The van der Waals surface area contributed by atoms with E-state index >= 15 is 0 Å². The maximum absolute atomic E-state index is 4.64. The zero-order chi connectivity index (χ0) is 12.4. The summed E-state index contributed by atoms with van der Waals surface area (Å²) in [6, 6.07) is 12.5. The summed E-state index contributed by atoms with van der Waals surface area (Å²) in [5.74, 6) is 1.84. The molecule has 1 aliphatic rings. The van der Waals surface area contributed by atoms with Crippen molar-refractivity contribution >= 4 is 5.82 Å². The SMILES string of the molecule is CNc1ccnc(C2(c3ccccc3)CCC2)n1. The molecule has 0 bridgehead atoms. The molecule has 1 heterocycles. The number of hydrogen-bond acceptors (Lipinski definition) is 3. The molecule has 2 aromatic rings. The van der Waals surface area contributed by atoms with Crippen LogP contribution in [-0.4, -0.2) is 17.0 Å². The third-order valence-corrected chi connectivity index (χ3v) is 3.87. The fourth-order valence-corrected chi connectivity index (χ4v) is 2.66. The molecule has 3 heteroatoms. The number of aromatic nitrogens is 2. The molecule has 0 aliphatic heterocycles. The lowest BCUT2D eigenvalue weighted by Crippen LogP contribution is -2.37. The highest BCUT2D eigenvalue weighted by Gasteiger charge is 2.42. The Balaban J connectivity index is 2.06. The number of nitrogens with zero attached hydrogens (tertiary/aromatic N) is 2. The first-order valence-corrected chi connectivity index (χ1v) is 6.42. The second-order valence-electron chi connectivity index (χ2n) is 4.82. The van der Waals surface area contributed by atoms with Crippen LogP contribution in [-0.2, 0) is 5.41 Å². The van der Waals surface area contributed by atoms with Crippen LogP contribution in [0.1, 0.15) is 30.7 Å². The van der Waals surface area contributed by atoms with Crippen molar-refractivity contribution in [2.75, 3.05) is 12.4 Å². The Hall–Kier alpha value is -1.90. The lowest BCUT2D eigenvalue weighted by Gasteiger charge is -2.41. The van der Waals surface area contributed by atoms with Crippen LogP contribution in [0.15, 0.2) is 42.6 Å². The highest BCUT2D eigenvalue weighted by molar-refractivity contribution is 5.39. The molecule has 1 fully saturated rings. The van der Waals surface area contributed by atoms with Crippen LogP contribution in [0.2, 0.25) is 0 Å². The van der Waals surface area contributed by atoms with Gasteiger partial charge in [0.2, 0.25) is 0 Å². The predicted molar refractivity (Wildman–Crippen MR) is 72.7 cm³/mol. The van der Waals surface area contributed by atoms with Crippen LogP contribution in [0.5, 0.6) is 0 Å². The molecule has 0 atom stereocenters. The van der Waals surface area contributed by atoms with E-state index in [1.54, 1.807) is 0 Å². The summed E-state index contributed by atoms with van der Waals surface area (Å²) in [6.07, 6.45) is 5.38. The van der Waals surface area contributed by atoms with Crippen LogP contribution < -0.4 is 5.32 Å². The summed E-state index contributed by atoms with van der Waals surface area (Å²) in [5.41, 5.74) is 1.37. The Morgan fingerprint density at radius 3 is 2.50 bits per heavy atom. The zero-order valence-corrected chi connectivity index (χ0v) is 10.6. The van der Waals surface area contributed by atoms with Gasteiger partial charge in [0.1, 0.15) is 11.6 Å². The van der Waals surface area contributed by atoms with Crippen molar-refractivity contribution in [2.24, 2.45) is 0 Å². The molecule has 92 valence electrons. The zero-order valence-electron chi connectivity index (χ0n) is 10.6. The molecule has 0 saturated heterocycles. The first-order valence-electron chi connectivity index (χ1n) is 6.42. The van der Waals surface area contributed by atoms with E-state index in [4.69, 9.17) is 0 Å². The first-order chi connectivity index (χ1) is 8.85. The first kappa shape index (κ1) is 11.2. The number of hydrogen-bond donors (Lipinski definition) is 1. The Labute approximate surface area is 107 Å². The van der Waals surface area contributed by atoms with Crippen molar-refractivity contribution in [3.05, 3.63) is 54.0 Å². The number of nitrogens with one attached hydrogen (secondary N) is 1. The summed E-state index contributed by atoms with van der Waals surface area (Å²) in [5, 5.41) is 3.09. The lowest BCUT2D eigenvalue weighted by molar-refractivity contribution is 0.285. The average Bonchev–Trinajstić information content (AvgIpc) is 2.39. The monoisotopic (exact) mass is 239 g/mol. The maximum Gasteiger partial charge on any atom is 0.141 e. The second kappa shape index (κ2) is 4.41. The van der Waals surface area contributed by atoms with Crippen LogP contribution in [0.25, 0.3) is 0 Å². The number of rotatable bonds is 3. The van der Waals surface area contributed by atoms with Gasteiger partial charge in [-0.25, -0.2) is 9.97 Å². The van der Waals surface area contributed by atoms with Gasteiger partial charge in [0.05, 0.1) is 5.41 Å². The van der Waals surface area contributed by atoms with Gasteiger partial charge in [-0.2, -0.15) is 0 Å². The van der Waals surface area contributed by atoms with Crippen LogP contribution in [0.4, 0.5) is 5.82 Å². The highest BCUT2D eigenvalue weighted by Crippen LogP contribution is 2.47. The molecule has 1 saturated carbocycles. The van der Waals surface area contributed by atoms with Gasteiger partial charge >= 0.3 is 0 Å². The van der Waals surface area contributed by atoms with E-state index in [0.717, 1.165) is 24.5 Å². The predicted octanol–water partition coefficient (Wildman–Crippen LogP) is 2.99. The van der Waals surface area contributed by atoms with Crippen molar-refractivity contribution in [3.8, 4) is 0 Å². The summed E-state index contributed by atoms with van der Waals surface area (Å²) in [4.78, 5) is 9.15. The van der Waals surface area contributed by atoms with Crippen LogP contribution in [0, 0.1) is 0 Å².